The molecule has 0 radical (unpaired) electrons. The number of rotatable bonds is 5. The van der Waals surface area contributed by atoms with E-state index in [1.807, 2.05) is 0 Å². The molecule has 5 rings (SSSR count). The SMILES string of the molecule is CC1CCC(F)C2CC(C(=O)NC3CCCC(C4CCC(CN5CCNC5)CC4)C3)NC12. The second kappa shape index (κ2) is 10.3. The first-order valence-corrected chi connectivity index (χ1v) is 13.7. The topological polar surface area (TPSA) is 56.4 Å². The quantitative estimate of drug-likeness (QED) is 0.603. The van der Waals surface area contributed by atoms with Crippen LogP contribution in [-0.2, 0) is 4.79 Å². The molecule has 2 saturated heterocycles. The van der Waals surface area contributed by atoms with Gasteiger partial charge in [0.2, 0.25) is 5.91 Å². The Bertz CT molecular complexity index is 615. The number of carbonyl (C=O) groups is 1. The molecule has 5 nitrogen and oxygen atoms in total. The molecule has 6 heteroatoms. The van der Waals surface area contributed by atoms with Gasteiger partial charge in [-0.2, -0.15) is 0 Å². The van der Waals surface area contributed by atoms with Crippen LogP contribution in [0.5, 0.6) is 0 Å². The standard InChI is InChI=1S/C26H45FN4O/c1-17-5-10-23(27)22-14-24(30-25(17)22)26(32)29-21-4-2-3-20(13-21)19-8-6-18(7-9-19)15-31-12-11-28-16-31/h17-25,28,30H,2-16H2,1H3,(H,29,32). The molecule has 7 unspecified atom stereocenters. The van der Waals surface area contributed by atoms with Gasteiger partial charge in [0.15, 0.2) is 0 Å². The molecule has 0 aromatic heterocycles. The predicted molar refractivity (Wildman–Crippen MR) is 126 cm³/mol. The summed E-state index contributed by atoms with van der Waals surface area (Å²) in [5.74, 6) is 3.14. The predicted octanol–water partition coefficient (Wildman–Crippen LogP) is 3.45. The molecule has 182 valence electrons. The molecule has 0 bridgehead atoms. The highest BCUT2D eigenvalue weighted by Gasteiger charge is 2.46. The Kier molecular flexibility index (Phi) is 7.39. The van der Waals surface area contributed by atoms with E-state index in [9.17, 15) is 9.18 Å². The zero-order valence-corrected chi connectivity index (χ0v) is 20.0. The summed E-state index contributed by atoms with van der Waals surface area (Å²) in [7, 11) is 0. The minimum atomic E-state index is -0.738. The van der Waals surface area contributed by atoms with Gasteiger partial charge in [0, 0.05) is 44.3 Å². The van der Waals surface area contributed by atoms with Crippen LogP contribution < -0.4 is 16.0 Å². The molecule has 0 aromatic rings. The molecule has 7 atom stereocenters. The molecule has 2 heterocycles. The van der Waals surface area contributed by atoms with Crippen molar-refractivity contribution in [2.45, 2.75) is 102 Å². The van der Waals surface area contributed by atoms with Crippen LogP contribution in [0.1, 0.15) is 77.6 Å². The van der Waals surface area contributed by atoms with Crippen LogP contribution in [0.4, 0.5) is 4.39 Å². The van der Waals surface area contributed by atoms with Crippen molar-refractivity contribution >= 4 is 5.91 Å². The van der Waals surface area contributed by atoms with Crippen LogP contribution >= 0.6 is 0 Å². The fourth-order valence-electron chi connectivity index (χ4n) is 7.81. The number of alkyl halides is 1. The molecular formula is C26H45FN4O. The summed E-state index contributed by atoms with van der Waals surface area (Å²) in [5, 5.41) is 10.3. The van der Waals surface area contributed by atoms with Crippen LogP contribution in [0.2, 0.25) is 0 Å². The summed E-state index contributed by atoms with van der Waals surface area (Å²) in [6, 6.07) is 0.303. The van der Waals surface area contributed by atoms with E-state index in [4.69, 9.17) is 0 Å². The lowest BCUT2D eigenvalue weighted by molar-refractivity contribution is -0.124. The number of hydrogen-bond acceptors (Lipinski definition) is 4. The molecule has 1 amide bonds. The molecule has 0 spiro atoms. The van der Waals surface area contributed by atoms with Crippen LogP contribution in [0, 0.1) is 29.6 Å². The second-order valence-corrected chi connectivity index (χ2v) is 11.9. The van der Waals surface area contributed by atoms with Crippen molar-refractivity contribution in [3.05, 3.63) is 0 Å². The minimum absolute atomic E-state index is 0.0279. The third kappa shape index (κ3) is 5.17. The lowest BCUT2D eigenvalue weighted by Gasteiger charge is -2.39. The van der Waals surface area contributed by atoms with Gasteiger partial charge in [-0.25, -0.2) is 4.39 Å². The normalized spacial score (nSPS) is 45.5. The van der Waals surface area contributed by atoms with Crippen molar-refractivity contribution in [1.29, 1.82) is 0 Å². The Balaban J connectivity index is 1.07. The van der Waals surface area contributed by atoms with Crippen LogP contribution in [-0.4, -0.2) is 61.4 Å². The van der Waals surface area contributed by atoms with Crippen molar-refractivity contribution < 1.29 is 9.18 Å². The Morgan fingerprint density at radius 3 is 2.62 bits per heavy atom. The van der Waals surface area contributed by atoms with E-state index in [1.54, 1.807) is 0 Å². The first kappa shape index (κ1) is 23.0. The highest BCUT2D eigenvalue weighted by molar-refractivity contribution is 5.82. The van der Waals surface area contributed by atoms with E-state index in [0.717, 1.165) is 50.2 Å². The number of carbonyl (C=O) groups excluding carboxylic acids is 1. The molecule has 3 saturated carbocycles. The van der Waals surface area contributed by atoms with Gasteiger partial charge < -0.3 is 16.0 Å². The summed E-state index contributed by atoms with van der Waals surface area (Å²) < 4.78 is 14.4. The van der Waals surface area contributed by atoms with E-state index >= 15 is 0 Å². The number of nitrogens with zero attached hydrogens (tertiary/aromatic N) is 1. The van der Waals surface area contributed by atoms with Gasteiger partial charge in [0.1, 0.15) is 6.17 Å². The lowest BCUT2D eigenvalue weighted by atomic mass is 9.70. The second-order valence-electron chi connectivity index (χ2n) is 11.9. The summed E-state index contributed by atoms with van der Waals surface area (Å²) >= 11 is 0. The lowest BCUT2D eigenvalue weighted by Crippen LogP contribution is -2.49. The smallest absolute Gasteiger partial charge is 0.237 e. The third-order valence-electron chi connectivity index (χ3n) is 9.73. The zero-order valence-electron chi connectivity index (χ0n) is 20.0. The molecule has 32 heavy (non-hydrogen) atoms. The molecule has 5 aliphatic rings. The maximum Gasteiger partial charge on any atom is 0.237 e. The molecule has 3 aliphatic carbocycles. The fraction of sp³-hybridized carbons (Fsp3) is 0.962. The van der Waals surface area contributed by atoms with Crippen molar-refractivity contribution in [3.8, 4) is 0 Å². The van der Waals surface area contributed by atoms with Gasteiger partial charge in [0.25, 0.3) is 0 Å². The van der Waals surface area contributed by atoms with E-state index in [-0.39, 0.29) is 23.9 Å². The average Bonchev–Trinajstić information content (AvgIpc) is 3.48. The van der Waals surface area contributed by atoms with E-state index in [1.165, 1.54) is 51.6 Å². The van der Waals surface area contributed by atoms with E-state index in [2.05, 4.69) is 27.8 Å². The maximum atomic E-state index is 14.4. The first-order valence-electron chi connectivity index (χ1n) is 13.7. The molecular weight excluding hydrogens is 403 g/mol. The summed E-state index contributed by atoms with van der Waals surface area (Å²) in [6.07, 6.45) is 11.9. The minimum Gasteiger partial charge on any atom is -0.352 e. The largest absolute Gasteiger partial charge is 0.352 e. The van der Waals surface area contributed by atoms with Crippen LogP contribution in [0.25, 0.3) is 0 Å². The summed E-state index contributed by atoms with van der Waals surface area (Å²) in [6.45, 7) is 6.92. The number of fused-ring (bicyclic) bond motifs is 1. The average molecular weight is 449 g/mol. The van der Waals surface area contributed by atoms with Gasteiger partial charge in [-0.3, -0.25) is 9.69 Å². The summed E-state index contributed by atoms with van der Waals surface area (Å²) in [4.78, 5) is 15.6. The fourth-order valence-corrected chi connectivity index (χ4v) is 7.81. The third-order valence-corrected chi connectivity index (χ3v) is 9.73. The summed E-state index contributed by atoms with van der Waals surface area (Å²) in [5.41, 5.74) is 0. The molecule has 5 fully saturated rings. The van der Waals surface area contributed by atoms with Gasteiger partial charge >= 0.3 is 0 Å². The van der Waals surface area contributed by atoms with Crippen molar-refractivity contribution in [1.82, 2.24) is 20.9 Å². The molecule has 0 aromatic carbocycles. The van der Waals surface area contributed by atoms with Crippen LogP contribution in [0.15, 0.2) is 0 Å². The van der Waals surface area contributed by atoms with Gasteiger partial charge in [-0.15, -0.1) is 0 Å². The Hall–Kier alpha value is -0.720. The van der Waals surface area contributed by atoms with E-state index < -0.39 is 6.17 Å². The number of hydrogen-bond donors (Lipinski definition) is 3. The zero-order chi connectivity index (χ0) is 22.1. The monoisotopic (exact) mass is 448 g/mol. The highest BCUT2D eigenvalue weighted by Crippen LogP contribution is 2.41. The number of amides is 1. The van der Waals surface area contributed by atoms with Gasteiger partial charge in [-0.1, -0.05) is 19.8 Å². The first-order chi connectivity index (χ1) is 15.6. The highest BCUT2D eigenvalue weighted by atomic mass is 19.1. The van der Waals surface area contributed by atoms with E-state index in [0.29, 0.717) is 24.8 Å². The Morgan fingerprint density at radius 2 is 1.88 bits per heavy atom. The van der Waals surface area contributed by atoms with Crippen molar-refractivity contribution in [2.24, 2.45) is 29.6 Å². The number of halogens is 1. The van der Waals surface area contributed by atoms with Gasteiger partial charge in [-0.05, 0) is 81.5 Å². The Morgan fingerprint density at radius 1 is 1.03 bits per heavy atom. The number of nitrogens with one attached hydrogen (secondary N) is 3. The molecule has 3 N–H and O–H groups in total. The van der Waals surface area contributed by atoms with Crippen molar-refractivity contribution in [2.75, 3.05) is 26.3 Å². The Labute approximate surface area is 194 Å². The van der Waals surface area contributed by atoms with Crippen molar-refractivity contribution in [3.63, 3.8) is 0 Å². The maximum absolute atomic E-state index is 14.4. The van der Waals surface area contributed by atoms with Crippen LogP contribution in [0.3, 0.4) is 0 Å². The van der Waals surface area contributed by atoms with Gasteiger partial charge in [0.05, 0.1) is 6.04 Å². The molecule has 2 aliphatic heterocycles.